The van der Waals surface area contributed by atoms with Crippen LogP contribution < -0.4 is 43.1 Å². The number of hydrogen-bond donors (Lipinski definition) is 1. The third-order valence-electron chi connectivity index (χ3n) is 7.63. The Morgan fingerprint density at radius 1 is 0.684 bits per heavy atom. The van der Waals surface area contributed by atoms with E-state index in [1.165, 1.54) is 33.5 Å². The van der Waals surface area contributed by atoms with Gasteiger partial charge in [-0.1, -0.05) is 91.8 Å². The number of hydrogen-bond acceptors (Lipinski definition) is 0. The van der Waals surface area contributed by atoms with Gasteiger partial charge in [-0.05, 0) is 34.8 Å². The Bertz CT molecular complexity index is 1270. The Kier molecular flexibility index (Phi) is 10.8. The molecular weight excluding hydrogens is 600 g/mol. The summed E-state index contributed by atoms with van der Waals surface area (Å²) < 4.78 is 7.03. The van der Waals surface area contributed by atoms with Crippen molar-refractivity contribution in [1.82, 2.24) is 9.55 Å². The molecular formula is C32H44Br2N4. The molecule has 0 aliphatic carbocycles. The molecule has 1 N–H and O–H groups in total. The van der Waals surface area contributed by atoms with E-state index in [1.807, 2.05) is 6.20 Å². The Morgan fingerprint density at radius 2 is 1.16 bits per heavy atom. The van der Waals surface area contributed by atoms with Gasteiger partial charge < -0.3 is 34.0 Å². The monoisotopic (exact) mass is 642 g/mol. The number of aromatic amines is 1. The van der Waals surface area contributed by atoms with Crippen molar-refractivity contribution < 1.29 is 43.1 Å². The average molecular weight is 645 g/mol. The summed E-state index contributed by atoms with van der Waals surface area (Å²) in [5.41, 5.74) is 7.78. The van der Waals surface area contributed by atoms with E-state index < -0.39 is 5.66 Å². The Hall–Kier alpha value is -2.18. The second-order valence-electron chi connectivity index (χ2n) is 11.5. The molecule has 0 saturated heterocycles. The first-order valence-electron chi connectivity index (χ1n) is 13.5. The maximum atomic E-state index is 3.30. The Morgan fingerprint density at radius 3 is 1.58 bits per heavy atom. The highest BCUT2D eigenvalue weighted by atomic mass is 79.9. The van der Waals surface area contributed by atoms with E-state index >= 15 is 0 Å². The molecule has 0 aliphatic rings. The van der Waals surface area contributed by atoms with E-state index in [1.54, 1.807) is 0 Å². The number of imidazole rings is 2. The fourth-order valence-electron chi connectivity index (χ4n) is 5.60. The predicted molar refractivity (Wildman–Crippen MR) is 148 cm³/mol. The minimum Gasteiger partial charge on any atom is -1.00 e. The van der Waals surface area contributed by atoms with Gasteiger partial charge in [0.25, 0.3) is 12.0 Å². The smallest absolute Gasteiger partial charge is 0.276 e. The lowest BCUT2D eigenvalue weighted by Crippen LogP contribution is -3.00. The van der Waals surface area contributed by atoms with Crippen LogP contribution in [0, 0.1) is 0 Å². The van der Waals surface area contributed by atoms with Gasteiger partial charge in [0.05, 0.1) is 5.56 Å². The highest BCUT2D eigenvalue weighted by molar-refractivity contribution is 5.51. The van der Waals surface area contributed by atoms with E-state index in [4.69, 9.17) is 0 Å². The fraction of sp³-hybridized carbons (Fsp3) is 0.438. The van der Waals surface area contributed by atoms with Crippen molar-refractivity contribution in [3.05, 3.63) is 102 Å². The number of aromatic nitrogens is 4. The summed E-state index contributed by atoms with van der Waals surface area (Å²) in [4.78, 5) is 3.30. The minimum absolute atomic E-state index is 0. The largest absolute Gasteiger partial charge is 1.00 e. The van der Waals surface area contributed by atoms with Gasteiger partial charge in [0.1, 0.15) is 30.5 Å². The summed E-state index contributed by atoms with van der Waals surface area (Å²) in [7, 11) is 0. The van der Waals surface area contributed by atoms with Gasteiger partial charge in [0, 0.05) is 18.1 Å². The first-order chi connectivity index (χ1) is 17.1. The van der Waals surface area contributed by atoms with Gasteiger partial charge in [0.15, 0.2) is 0 Å². The number of para-hydroxylation sites is 1. The third kappa shape index (κ3) is 5.72. The molecule has 0 saturated carbocycles. The lowest BCUT2D eigenvalue weighted by molar-refractivity contribution is -0.979. The summed E-state index contributed by atoms with van der Waals surface area (Å²) in [6, 6.07) is 13.6. The van der Waals surface area contributed by atoms with Crippen LogP contribution in [0.3, 0.4) is 0 Å². The van der Waals surface area contributed by atoms with Gasteiger partial charge in [0.2, 0.25) is 6.33 Å². The van der Waals surface area contributed by atoms with Crippen molar-refractivity contribution in [3.8, 4) is 5.69 Å². The van der Waals surface area contributed by atoms with Crippen LogP contribution >= 0.6 is 0 Å². The zero-order valence-electron chi connectivity index (χ0n) is 24.3. The fourth-order valence-corrected chi connectivity index (χ4v) is 5.60. The second-order valence-corrected chi connectivity index (χ2v) is 11.5. The van der Waals surface area contributed by atoms with E-state index in [0.717, 1.165) is 0 Å². The predicted octanol–water partition coefficient (Wildman–Crippen LogP) is 1.15. The van der Waals surface area contributed by atoms with Crippen LogP contribution in [0.1, 0.15) is 114 Å². The molecule has 1 atom stereocenters. The molecule has 38 heavy (non-hydrogen) atoms. The Balaban J connectivity index is 0.00000253. The van der Waals surface area contributed by atoms with Crippen LogP contribution in [0.4, 0.5) is 0 Å². The lowest BCUT2D eigenvalue weighted by Gasteiger charge is -2.30. The van der Waals surface area contributed by atoms with Crippen molar-refractivity contribution in [2.75, 3.05) is 0 Å². The van der Waals surface area contributed by atoms with Crippen LogP contribution in [0.2, 0.25) is 0 Å². The zero-order valence-corrected chi connectivity index (χ0v) is 27.5. The highest BCUT2D eigenvalue weighted by Crippen LogP contribution is 2.35. The molecule has 2 aromatic heterocycles. The SMILES string of the molecule is CC(C)c1cccc(C(C)C)c1-n1cc[n+](C(C)(c2c(C(C)C)cccc2C(C)C)[n+]2cc[nH]c2)c1.[Br-].[Br-]. The molecule has 6 heteroatoms. The van der Waals surface area contributed by atoms with Crippen molar-refractivity contribution >= 4 is 0 Å². The summed E-state index contributed by atoms with van der Waals surface area (Å²) >= 11 is 0. The topological polar surface area (TPSA) is 28.5 Å². The average Bonchev–Trinajstić information content (AvgIpc) is 3.55. The Labute approximate surface area is 250 Å². The molecule has 4 nitrogen and oxygen atoms in total. The summed E-state index contributed by atoms with van der Waals surface area (Å²) in [6.07, 6.45) is 13.0. The molecule has 4 aromatic rings. The van der Waals surface area contributed by atoms with Gasteiger partial charge in [-0.15, -0.1) is 0 Å². The summed E-state index contributed by atoms with van der Waals surface area (Å²) in [5, 5.41) is 0. The van der Waals surface area contributed by atoms with Crippen LogP contribution in [-0.2, 0) is 5.66 Å². The molecule has 4 rings (SSSR count). The number of H-pyrrole nitrogens is 1. The molecule has 1 unspecified atom stereocenters. The molecule has 0 radical (unpaired) electrons. The van der Waals surface area contributed by atoms with Crippen molar-refractivity contribution in [2.45, 2.75) is 91.6 Å². The van der Waals surface area contributed by atoms with Crippen LogP contribution in [-0.4, -0.2) is 9.55 Å². The van der Waals surface area contributed by atoms with Crippen molar-refractivity contribution in [1.29, 1.82) is 0 Å². The van der Waals surface area contributed by atoms with Gasteiger partial charge in [-0.3, -0.25) is 4.98 Å². The van der Waals surface area contributed by atoms with Crippen LogP contribution in [0.5, 0.6) is 0 Å². The lowest BCUT2D eigenvalue weighted by atomic mass is 9.82. The molecule has 206 valence electrons. The normalized spacial score (nSPS) is 13.1. The van der Waals surface area contributed by atoms with Gasteiger partial charge in [-0.25, -0.2) is 4.57 Å². The van der Waals surface area contributed by atoms with Gasteiger partial charge in [-0.2, -0.15) is 9.13 Å². The number of rotatable bonds is 8. The van der Waals surface area contributed by atoms with E-state index in [0.29, 0.717) is 23.7 Å². The molecule has 2 aromatic carbocycles. The molecule has 0 aliphatic heterocycles. The van der Waals surface area contributed by atoms with Gasteiger partial charge >= 0.3 is 0 Å². The third-order valence-corrected chi connectivity index (χ3v) is 7.63. The molecule has 0 spiro atoms. The maximum Gasteiger partial charge on any atom is 0.276 e. The van der Waals surface area contributed by atoms with E-state index in [9.17, 15) is 0 Å². The first-order valence-corrected chi connectivity index (χ1v) is 13.5. The standard InChI is InChI=1S/C32H43N4.2BrH/c1-22(2)26-12-10-13-27(23(3)4)30(26)32(9,35-17-16-33-20-35)36-19-18-34(21-36)31-28(24(5)6)14-11-15-29(31)25(7)8;;/h10-25H,1-9H3;2*1H/q+1;;/p-1. The number of nitrogens with zero attached hydrogens (tertiary/aromatic N) is 3. The quantitative estimate of drug-likeness (QED) is 0.279. The number of benzene rings is 2. The first kappa shape index (κ1) is 32.0. The van der Waals surface area contributed by atoms with E-state index in [-0.39, 0.29) is 34.0 Å². The molecule has 0 bridgehead atoms. The molecule has 0 fully saturated rings. The molecule has 2 heterocycles. The second kappa shape index (κ2) is 12.8. The minimum atomic E-state index is -0.448. The molecule has 0 amide bonds. The number of nitrogens with one attached hydrogen (secondary N) is 1. The number of halogens is 2. The van der Waals surface area contributed by atoms with E-state index in [2.05, 4.69) is 149 Å². The van der Waals surface area contributed by atoms with Crippen molar-refractivity contribution in [3.63, 3.8) is 0 Å². The van der Waals surface area contributed by atoms with Crippen LogP contribution in [0.15, 0.2) is 73.8 Å². The van der Waals surface area contributed by atoms with Crippen molar-refractivity contribution in [2.24, 2.45) is 0 Å². The maximum absolute atomic E-state index is 3.30. The summed E-state index contributed by atoms with van der Waals surface area (Å²) in [5.74, 6) is 1.70. The zero-order chi connectivity index (χ0) is 26.2. The highest BCUT2D eigenvalue weighted by Gasteiger charge is 2.44. The van der Waals surface area contributed by atoms with Crippen LogP contribution in [0.25, 0.3) is 5.69 Å². The summed E-state index contributed by atoms with van der Waals surface area (Å²) in [6.45, 7) is 20.7.